The maximum atomic E-state index is 13.0. The summed E-state index contributed by atoms with van der Waals surface area (Å²) in [4.78, 5) is 39.2. The number of carbonyl (C=O) groups is 3. The zero-order valence-corrected chi connectivity index (χ0v) is 18.6. The molecule has 166 valence electrons. The molecule has 0 bridgehead atoms. The monoisotopic (exact) mass is 419 g/mol. The van der Waals surface area contributed by atoms with E-state index in [1.807, 2.05) is 19.9 Å². The highest BCUT2D eigenvalue weighted by molar-refractivity contribution is 5.92. The van der Waals surface area contributed by atoms with Crippen molar-refractivity contribution in [1.29, 1.82) is 0 Å². The Morgan fingerprint density at radius 1 is 1.23 bits per heavy atom. The molecule has 30 heavy (non-hydrogen) atoms. The molecule has 0 fully saturated rings. The average molecular weight is 420 g/mol. The first kappa shape index (κ1) is 25.2. The van der Waals surface area contributed by atoms with Crippen LogP contribution in [0.5, 0.6) is 0 Å². The fourth-order valence-corrected chi connectivity index (χ4v) is 2.78. The van der Waals surface area contributed by atoms with Gasteiger partial charge in [0.25, 0.3) is 0 Å². The molecular formula is C22H33N3O5. The van der Waals surface area contributed by atoms with E-state index in [-0.39, 0.29) is 11.9 Å². The van der Waals surface area contributed by atoms with Crippen LogP contribution >= 0.6 is 0 Å². The highest BCUT2D eigenvalue weighted by Crippen LogP contribution is 2.23. The SMILES string of the molecule is C=Cc1cccc(C(C(=O)NC(C)C)N(C)C(=O)C(CO)NC(=O)OC(C)(C)C)c1. The van der Waals surface area contributed by atoms with Crippen LogP contribution in [0.2, 0.25) is 0 Å². The summed E-state index contributed by atoms with van der Waals surface area (Å²) in [5.74, 6) is -1.01. The third-order valence-electron chi connectivity index (χ3n) is 4.05. The molecule has 0 aromatic heterocycles. The number of hydrogen-bond acceptors (Lipinski definition) is 5. The molecule has 3 amide bonds. The molecule has 2 atom stereocenters. The molecule has 0 saturated heterocycles. The molecule has 1 aromatic rings. The molecule has 0 saturated carbocycles. The second-order valence-corrected chi connectivity index (χ2v) is 8.27. The standard InChI is InChI=1S/C22H33N3O5/c1-8-15-10-9-11-16(12-15)18(19(27)23-14(2)3)25(7)20(28)17(13-26)24-21(29)30-22(4,5)6/h8-12,14,17-18,26H,1,13H2,2-7H3,(H,23,27)(H,24,29). The lowest BCUT2D eigenvalue weighted by atomic mass is 10.0. The summed E-state index contributed by atoms with van der Waals surface area (Å²) in [7, 11) is 1.45. The van der Waals surface area contributed by atoms with Gasteiger partial charge in [0.15, 0.2) is 0 Å². The van der Waals surface area contributed by atoms with Gasteiger partial charge in [0.05, 0.1) is 6.61 Å². The number of alkyl carbamates (subject to hydrolysis) is 1. The number of benzene rings is 1. The van der Waals surface area contributed by atoms with Crippen LogP contribution < -0.4 is 10.6 Å². The number of aliphatic hydroxyl groups is 1. The van der Waals surface area contributed by atoms with E-state index < -0.39 is 36.3 Å². The first-order chi connectivity index (χ1) is 13.9. The van der Waals surface area contributed by atoms with Gasteiger partial charge >= 0.3 is 6.09 Å². The van der Waals surface area contributed by atoms with E-state index in [4.69, 9.17) is 4.74 Å². The van der Waals surface area contributed by atoms with Crippen LogP contribution in [0.3, 0.4) is 0 Å². The van der Waals surface area contributed by atoms with Crippen LogP contribution in [-0.2, 0) is 14.3 Å². The van der Waals surface area contributed by atoms with Gasteiger partial charge in [0.2, 0.25) is 11.8 Å². The fourth-order valence-electron chi connectivity index (χ4n) is 2.78. The number of carbonyl (C=O) groups excluding carboxylic acids is 3. The third-order valence-corrected chi connectivity index (χ3v) is 4.05. The van der Waals surface area contributed by atoms with Crippen molar-refractivity contribution in [3.05, 3.63) is 42.0 Å². The van der Waals surface area contributed by atoms with Gasteiger partial charge < -0.3 is 25.4 Å². The Balaban J connectivity index is 3.18. The van der Waals surface area contributed by atoms with Crippen molar-refractivity contribution in [2.75, 3.05) is 13.7 Å². The number of aliphatic hydroxyl groups excluding tert-OH is 1. The second-order valence-electron chi connectivity index (χ2n) is 8.27. The number of likely N-dealkylation sites (N-methyl/N-ethyl adjacent to an activating group) is 1. The van der Waals surface area contributed by atoms with Gasteiger partial charge in [-0.25, -0.2) is 4.79 Å². The summed E-state index contributed by atoms with van der Waals surface area (Å²) >= 11 is 0. The van der Waals surface area contributed by atoms with E-state index in [1.165, 1.54) is 11.9 Å². The Kier molecular flexibility index (Phi) is 9.04. The van der Waals surface area contributed by atoms with Crippen molar-refractivity contribution in [2.24, 2.45) is 0 Å². The molecule has 3 N–H and O–H groups in total. The maximum absolute atomic E-state index is 13.0. The molecular weight excluding hydrogens is 386 g/mol. The molecule has 0 aliphatic heterocycles. The maximum Gasteiger partial charge on any atom is 0.408 e. The van der Waals surface area contributed by atoms with E-state index in [0.717, 1.165) is 5.56 Å². The van der Waals surface area contributed by atoms with Gasteiger partial charge in [-0.05, 0) is 51.8 Å². The van der Waals surface area contributed by atoms with Crippen molar-refractivity contribution in [3.8, 4) is 0 Å². The lowest BCUT2D eigenvalue weighted by Gasteiger charge is -2.31. The molecule has 1 rings (SSSR count). The molecule has 0 radical (unpaired) electrons. The molecule has 0 aliphatic rings. The van der Waals surface area contributed by atoms with Crippen LogP contribution in [0.25, 0.3) is 6.08 Å². The van der Waals surface area contributed by atoms with Crippen LogP contribution in [0, 0.1) is 0 Å². The van der Waals surface area contributed by atoms with Gasteiger partial charge in [0, 0.05) is 13.1 Å². The highest BCUT2D eigenvalue weighted by atomic mass is 16.6. The predicted molar refractivity (Wildman–Crippen MR) is 116 cm³/mol. The molecule has 0 spiro atoms. The highest BCUT2D eigenvalue weighted by Gasteiger charge is 2.34. The largest absolute Gasteiger partial charge is 0.444 e. The van der Waals surface area contributed by atoms with E-state index in [0.29, 0.717) is 5.56 Å². The minimum Gasteiger partial charge on any atom is -0.444 e. The van der Waals surface area contributed by atoms with E-state index >= 15 is 0 Å². The summed E-state index contributed by atoms with van der Waals surface area (Å²) < 4.78 is 5.15. The lowest BCUT2D eigenvalue weighted by molar-refractivity contribution is -0.141. The fraction of sp³-hybridized carbons (Fsp3) is 0.500. The van der Waals surface area contributed by atoms with Crippen LogP contribution in [0.15, 0.2) is 30.8 Å². The van der Waals surface area contributed by atoms with Gasteiger partial charge in [-0.15, -0.1) is 0 Å². The van der Waals surface area contributed by atoms with Gasteiger partial charge in [-0.2, -0.15) is 0 Å². The Morgan fingerprint density at radius 3 is 2.37 bits per heavy atom. The predicted octanol–water partition coefficient (Wildman–Crippen LogP) is 2.24. The number of nitrogens with one attached hydrogen (secondary N) is 2. The second kappa shape index (κ2) is 10.8. The van der Waals surface area contributed by atoms with E-state index in [9.17, 15) is 19.5 Å². The van der Waals surface area contributed by atoms with Crippen molar-refractivity contribution in [1.82, 2.24) is 15.5 Å². The first-order valence-corrected chi connectivity index (χ1v) is 9.79. The molecule has 1 aromatic carbocycles. The summed E-state index contributed by atoms with van der Waals surface area (Å²) in [6.07, 6.45) is 0.809. The van der Waals surface area contributed by atoms with Crippen molar-refractivity contribution in [2.45, 2.75) is 58.3 Å². The first-order valence-electron chi connectivity index (χ1n) is 9.79. The smallest absolute Gasteiger partial charge is 0.408 e. The average Bonchev–Trinajstić information content (AvgIpc) is 2.63. The van der Waals surface area contributed by atoms with Gasteiger partial charge in [-0.3, -0.25) is 9.59 Å². The molecule has 0 heterocycles. The molecule has 8 nitrogen and oxygen atoms in total. The van der Waals surface area contributed by atoms with Gasteiger partial charge in [0.1, 0.15) is 17.7 Å². The zero-order chi connectivity index (χ0) is 23.1. The summed E-state index contributed by atoms with van der Waals surface area (Å²) in [5.41, 5.74) is 0.612. The van der Waals surface area contributed by atoms with Gasteiger partial charge in [-0.1, -0.05) is 30.9 Å². The Labute approximate surface area is 178 Å². The van der Waals surface area contributed by atoms with Crippen LogP contribution in [0.4, 0.5) is 4.79 Å². The van der Waals surface area contributed by atoms with E-state index in [1.54, 1.807) is 45.0 Å². The Morgan fingerprint density at radius 2 is 1.87 bits per heavy atom. The summed E-state index contributed by atoms with van der Waals surface area (Å²) in [5, 5.41) is 14.9. The number of ether oxygens (including phenoxy) is 1. The number of hydrogen-bond donors (Lipinski definition) is 3. The van der Waals surface area contributed by atoms with Crippen molar-refractivity contribution >= 4 is 24.0 Å². The van der Waals surface area contributed by atoms with Crippen LogP contribution in [0.1, 0.15) is 51.8 Å². The summed E-state index contributed by atoms with van der Waals surface area (Å²) in [6.45, 7) is 11.8. The minimum atomic E-state index is -1.26. The normalized spacial score (nSPS) is 13.2. The molecule has 8 heteroatoms. The number of nitrogens with zero attached hydrogens (tertiary/aromatic N) is 1. The number of amides is 3. The zero-order valence-electron chi connectivity index (χ0n) is 18.6. The topological polar surface area (TPSA) is 108 Å². The molecule has 0 aliphatic carbocycles. The van der Waals surface area contributed by atoms with E-state index in [2.05, 4.69) is 17.2 Å². The Hall–Kier alpha value is -2.87. The minimum absolute atomic E-state index is 0.139. The third kappa shape index (κ3) is 7.51. The number of rotatable bonds is 8. The Bertz CT molecular complexity index is 770. The molecule has 2 unspecified atom stereocenters. The quantitative estimate of drug-likeness (QED) is 0.599. The lowest BCUT2D eigenvalue weighted by Crippen LogP contribution is -2.53. The van der Waals surface area contributed by atoms with Crippen molar-refractivity contribution < 1.29 is 24.2 Å². The van der Waals surface area contributed by atoms with Crippen molar-refractivity contribution in [3.63, 3.8) is 0 Å². The van der Waals surface area contributed by atoms with Crippen LogP contribution in [-0.4, -0.2) is 59.3 Å². The summed E-state index contributed by atoms with van der Waals surface area (Å²) in [6, 6.07) is 4.72.